The van der Waals surface area contributed by atoms with Crippen LogP contribution < -0.4 is 10.2 Å². The van der Waals surface area contributed by atoms with Gasteiger partial charge in [0.15, 0.2) is 5.82 Å². The number of nitrogens with one attached hydrogen (secondary N) is 2. The summed E-state index contributed by atoms with van der Waals surface area (Å²) in [5.74, 6) is 1.59. The van der Waals surface area contributed by atoms with E-state index in [0.29, 0.717) is 6.04 Å². The van der Waals surface area contributed by atoms with Crippen LogP contribution in [0.15, 0.2) is 22.7 Å². The van der Waals surface area contributed by atoms with E-state index in [2.05, 4.69) is 73.4 Å². The van der Waals surface area contributed by atoms with E-state index in [4.69, 9.17) is 0 Å². The monoisotopic (exact) mass is 335 g/mol. The number of benzene rings is 1. The van der Waals surface area contributed by atoms with Gasteiger partial charge in [0.1, 0.15) is 0 Å². The third-order valence-corrected chi connectivity index (χ3v) is 4.42. The standard InChI is InChI=1S/C14H18BrN5/c1-9-3-4-11(7-12(9)15)13-17-14(19-18-13)20-6-5-16-10(2)8-20/h3-4,7,10,16H,5-6,8H2,1-2H3,(H,17,18,19)/t10-/m1/s1. The van der Waals surface area contributed by atoms with Crippen molar-refractivity contribution in [3.05, 3.63) is 28.2 Å². The Balaban J connectivity index is 1.84. The average Bonchev–Trinajstić information content (AvgIpc) is 2.92. The van der Waals surface area contributed by atoms with Gasteiger partial charge >= 0.3 is 0 Å². The molecule has 0 unspecified atom stereocenters. The van der Waals surface area contributed by atoms with Crippen LogP contribution in [0.4, 0.5) is 5.95 Å². The van der Waals surface area contributed by atoms with E-state index in [9.17, 15) is 0 Å². The van der Waals surface area contributed by atoms with Gasteiger partial charge in [-0.1, -0.05) is 28.1 Å². The van der Waals surface area contributed by atoms with Crippen molar-refractivity contribution < 1.29 is 0 Å². The normalized spacial score (nSPS) is 19.4. The lowest BCUT2D eigenvalue weighted by atomic mass is 10.1. The fourth-order valence-electron chi connectivity index (χ4n) is 2.38. The van der Waals surface area contributed by atoms with Gasteiger partial charge in [0.05, 0.1) is 0 Å². The number of aromatic amines is 1. The minimum atomic E-state index is 0.471. The van der Waals surface area contributed by atoms with E-state index in [1.165, 1.54) is 5.56 Å². The molecule has 6 heteroatoms. The lowest BCUT2D eigenvalue weighted by Gasteiger charge is -2.30. The molecular weight excluding hydrogens is 318 g/mol. The smallest absolute Gasteiger partial charge is 0.245 e. The summed E-state index contributed by atoms with van der Waals surface area (Å²) in [5, 5.41) is 10.8. The molecule has 0 amide bonds. The number of halogens is 1. The molecule has 0 radical (unpaired) electrons. The van der Waals surface area contributed by atoms with Gasteiger partial charge in [0, 0.05) is 35.7 Å². The highest BCUT2D eigenvalue weighted by Gasteiger charge is 2.19. The molecule has 5 nitrogen and oxygen atoms in total. The Kier molecular flexibility index (Phi) is 3.76. The van der Waals surface area contributed by atoms with E-state index >= 15 is 0 Å². The highest BCUT2D eigenvalue weighted by atomic mass is 79.9. The van der Waals surface area contributed by atoms with E-state index in [1.54, 1.807) is 0 Å². The molecule has 3 rings (SSSR count). The molecule has 2 aromatic rings. The molecule has 20 heavy (non-hydrogen) atoms. The largest absolute Gasteiger partial charge is 0.337 e. The molecule has 1 fully saturated rings. The zero-order valence-corrected chi connectivity index (χ0v) is 13.2. The van der Waals surface area contributed by atoms with Gasteiger partial charge in [0.2, 0.25) is 5.95 Å². The van der Waals surface area contributed by atoms with Crippen molar-refractivity contribution >= 4 is 21.9 Å². The predicted molar refractivity (Wildman–Crippen MR) is 83.9 cm³/mol. The lowest BCUT2D eigenvalue weighted by Crippen LogP contribution is -2.49. The topological polar surface area (TPSA) is 56.8 Å². The summed E-state index contributed by atoms with van der Waals surface area (Å²) in [6, 6.07) is 6.68. The lowest BCUT2D eigenvalue weighted by molar-refractivity contribution is 0.480. The Morgan fingerprint density at radius 1 is 1.40 bits per heavy atom. The SMILES string of the molecule is Cc1ccc(-c2nc(N3CCN[C@H](C)C3)n[nH]2)cc1Br. The molecule has 0 saturated carbocycles. The van der Waals surface area contributed by atoms with Crippen LogP contribution in [0.1, 0.15) is 12.5 Å². The van der Waals surface area contributed by atoms with Crippen molar-refractivity contribution in [3.63, 3.8) is 0 Å². The van der Waals surface area contributed by atoms with Crippen LogP contribution in [0.25, 0.3) is 11.4 Å². The molecular formula is C14H18BrN5. The molecule has 106 valence electrons. The molecule has 0 aliphatic carbocycles. The van der Waals surface area contributed by atoms with Gasteiger partial charge in [-0.15, -0.1) is 5.10 Å². The zero-order chi connectivity index (χ0) is 14.1. The quantitative estimate of drug-likeness (QED) is 0.884. The molecule has 1 saturated heterocycles. The van der Waals surface area contributed by atoms with Crippen molar-refractivity contribution in [1.82, 2.24) is 20.5 Å². The second-order valence-corrected chi connectivity index (χ2v) is 6.10. The van der Waals surface area contributed by atoms with Crippen LogP contribution in [-0.2, 0) is 0 Å². The van der Waals surface area contributed by atoms with Crippen LogP contribution >= 0.6 is 15.9 Å². The van der Waals surface area contributed by atoms with Crippen molar-refractivity contribution in [2.45, 2.75) is 19.9 Å². The predicted octanol–water partition coefficient (Wildman–Crippen LogP) is 2.34. The Labute approximate surface area is 126 Å². The summed E-state index contributed by atoms with van der Waals surface area (Å²) >= 11 is 3.55. The summed E-state index contributed by atoms with van der Waals surface area (Å²) in [7, 11) is 0. The third kappa shape index (κ3) is 2.71. The first-order valence-electron chi connectivity index (χ1n) is 6.81. The van der Waals surface area contributed by atoms with Crippen LogP contribution in [0.5, 0.6) is 0 Å². The summed E-state index contributed by atoms with van der Waals surface area (Å²) in [4.78, 5) is 6.83. The second kappa shape index (κ2) is 5.54. The number of aromatic nitrogens is 3. The summed E-state index contributed by atoms with van der Waals surface area (Å²) < 4.78 is 1.09. The van der Waals surface area contributed by atoms with E-state index < -0.39 is 0 Å². The summed E-state index contributed by atoms with van der Waals surface area (Å²) in [6.07, 6.45) is 0. The van der Waals surface area contributed by atoms with Gasteiger partial charge in [-0.05, 0) is 25.5 Å². The molecule has 1 aliphatic heterocycles. The average molecular weight is 336 g/mol. The van der Waals surface area contributed by atoms with Gasteiger partial charge in [-0.3, -0.25) is 5.10 Å². The van der Waals surface area contributed by atoms with Gasteiger partial charge in [-0.25, -0.2) is 0 Å². The maximum Gasteiger partial charge on any atom is 0.245 e. The van der Waals surface area contributed by atoms with Crippen molar-refractivity contribution in [1.29, 1.82) is 0 Å². The van der Waals surface area contributed by atoms with Crippen LogP contribution in [-0.4, -0.2) is 40.9 Å². The van der Waals surface area contributed by atoms with Crippen LogP contribution in [0, 0.1) is 6.92 Å². The van der Waals surface area contributed by atoms with E-state index in [0.717, 1.165) is 41.4 Å². The maximum absolute atomic E-state index is 4.62. The van der Waals surface area contributed by atoms with Crippen LogP contribution in [0.3, 0.4) is 0 Å². The number of aryl methyl sites for hydroxylation is 1. The molecule has 1 aliphatic rings. The van der Waals surface area contributed by atoms with Crippen molar-refractivity contribution in [3.8, 4) is 11.4 Å². The molecule has 1 aromatic heterocycles. The number of rotatable bonds is 2. The minimum absolute atomic E-state index is 0.471. The number of anilines is 1. The fraction of sp³-hybridized carbons (Fsp3) is 0.429. The number of hydrogen-bond donors (Lipinski definition) is 2. The molecule has 0 bridgehead atoms. The summed E-state index contributed by atoms with van der Waals surface area (Å²) in [6.45, 7) is 7.10. The maximum atomic E-state index is 4.62. The first-order valence-corrected chi connectivity index (χ1v) is 7.60. The van der Waals surface area contributed by atoms with Crippen molar-refractivity contribution in [2.24, 2.45) is 0 Å². The molecule has 1 atom stereocenters. The van der Waals surface area contributed by atoms with E-state index in [1.807, 2.05) is 0 Å². The Bertz CT molecular complexity index is 609. The summed E-state index contributed by atoms with van der Waals surface area (Å²) in [5.41, 5.74) is 2.26. The first kappa shape index (κ1) is 13.6. The third-order valence-electron chi connectivity index (χ3n) is 3.57. The minimum Gasteiger partial charge on any atom is -0.337 e. The van der Waals surface area contributed by atoms with Gasteiger partial charge in [-0.2, -0.15) is 4.98 Å². The van der Waals surface area contributed by atoms with Crippen LogP contribution in [0.2, 0.25) is 0 Å². The molecule has 2 heterocycles. The van der Waals surface area contributed by atoms with Crippen molar-refractivity contribution in [2.75, 3.05) is 24.5 Å². The molecule has 1 aromatic carbocycles. The second-order valence-electron chi connectivity index (χ2n) is 5.25. The molecule has 0 spiro atoms. The Hall–Kier alpha value is -1.40. The fourth-order valence-corrected chi connectivity index (χ4v) is 2.76. The Morgan fingerprint density at radius 3 is 3.00 bits per heavy atom. The number of nitrogens with zero attached hydrogens (tertiary/aromatic N) is 3. The highest BCUT2D eigenvalue weighted by molar-refractivity contribution is 9.10. The number of H-pyrrole nitrogens is 1. The van der Waals surface area contributed by atoms with Gasteiger partial charge < -0.3 is 10.2 Å². The Morgan fingerprint density at radius 2 is 2.25 bits per heavy atom. The highest BCUT2D eigenvalue weighted by Crippen LogP contribution is 2.24. The van der Waals surface area contributed by atoms with E-state index in [-0.39, 0.29) is 0 Å². The van der Waals surface area contributed by atoms with Gasteiger partial charge in [0.25, 0.3) is 0 Å². The zero-order valence-electron chi connectivity index (χ0n) is 11.7. The number of piperazine rings is 1. The number of hydrogen-bond acceptors (Lipinski definition) is 4. The molecule has 2 N–H and O–H groups in total. The first-order chi connectivity index (χ1) is 9.63.